The van der Waals surface area contributed by atoms with Crippen molar-refractivity contribution in [2.45, 2.75) is 32.3 Å². The van der Waals surface area contributed by atoms with Crippen LogP contribution in [0.5, 0.6) is 0 Å². The Balaban J connectivity index is 1.41. The van der Waals surface area contributed by atoms with E-state index >= 15 is 0 Å². The monoisotopic (exact) mass is 573 g/mol. The molecule has 0 bridgehead atoms. The molecule has 0 radical (unpaired) electrons. The highest BCUT2D eigenvalue weighted by Crippen LogP contribution is 2.20. The van der Waals surface area contributed by atoms with Gasteiger partial charge in [-0.15, -0.1) is 4.73 Å². The summed E-state index contributed by atoms with van der Waals surface area (Å²) in [6.07, 6.45) is 2.33. The molecule has 1 atom stereocenters. The number of benzene rings is 3. The minimum Gasteiger partial charge on any atom is -0.379 e. The van der Waals surface area contributed by atoms with Crippen molar-refractivity contribution in [3.63, 3.8) is 0 Å². The number of hydrogen-bond donors (Lipinski definition) is 3. The molecule has 1 heterocycles. The molecule has 0 aliphatic carbocycles. The summed E-state index contributed by atoms with van der Waals surface area (Å²) < 4.78 is 13.2. The first-order chi connectivity index (χ1) is 20.1. The lowest BCUT2D eigenvalue weighted by Crippen LogP contribution is -2.36. The fraction of sp³-hybridized carbons (Fsp3) is 0.200. The third-order valence-corrected chi connectivity index (χ3v) is 5.98. The van der Waals surface area contributed by atoms with E-state index in [0.717, 1.165) is 11.1 Å². The summed E-state index contributed by atoms with van der Waals surface area (Å²) in [7, 11) is 0. The van der Waals surface area contributed by atoms with Gasteiger partial charge in [-0.1, -0.05) is 78.9 Å². The highest BCUT2D eigenvalue weighted by molar-refractivity contribution is 7.80. The summed E-state index contributed by atoms with van der Waals surface area (Å²) in [5.74, 6) is -0.0204. The predicted octanol–water partition coefficient (Wildman–Crippen LogP) is 4.55. The second kappa shape index (κ2) is 15.9. The van der Waals surface area contributed by atoms with Crippen LogP contribution in [0.25, 0.3) is 0 Å². The predicted molar refractivity (Wildman–Crippen MR) is 159 cm³/mol. The van der Waals surface area contributed by atoms with E-state index in [4.69, 9.17) is 26.5 Å². The fourth-order valence-electron chi connectivity index (χ4n) is 3.77. The van der Waals surface area contributed by atoms with E-state index in [9.17, 15) is 9.59 Å². The van der Waals surface area contributed by atoms with Crippen molar-refractivity contribution in [1.29, 1.82) is 0 Å². The largest absolute Gasteiger partial charge is 0.379 e. The average molecular weight is 574 g/mol. The molecule has 4 aromatic rings. The van der Waals surface area contributed by atoms with Crippen LogP contribution in [-0.2, 0) is 27.5 Å². The van der Waals surface area contributed by atoms with Gasteiger partial charge in [0.25, 0.3) is 5.91 Å². The number of ether oxygens (including phenoxy) is 2. The second-order valence-corrected chi connectivity index (χ2v) is 9.22. The lowest BCUT2D eigenvalue weighted by molar-refractivity contribution is -0.156. The quantitative estimate of drug-likeness (QED) is 0.0822. The number of amides is 2. The van der Waals surface area contributed by atoms with Gasteiger partial charge in [0.05, 0.1) is 13.2 Å². The zero-order valence-electron chi connectivity index (χ0n) is 22.3. The highest BCUT2D eigenvalue weighted by atomic mass is 32.1. The van der Waals surface area contributed by atoms with Crippen LogP contribution < -0.4 is 20.8 Å². The molecule has 0 spiro atoms. The molecular formula is C30H31N5O5S. The number of nitrogens with one attached hydrogen (secondary N) is 3. The van der Waals surface area contributed by atoms with E-state index in [1.165, 1.54) is 11.1 Å². The third-order valence-electron chi connectivity index (χ3n) is 5.78. The van der Waals surface area contributed by atoms with E-state index in [2.05, 4.69) is 20.9 Å². The van der Waals surface area contributed by atoms with Crippen molar-refractivity contribution in [3.05, 3.63) is 114 Å². The SMILES string of the molecule is O=CNc1ncn(OC(CCCOCc2ccccc2)OCc2ccccc2)c1NC(=S)NC(=O)c1ccccc1. The molecule has 3 N–H and O–H groups in total. The number of hydrogen-bond acceptors (Lipinski definition) is 7. The van der Waals surface area contributed by atoms with Crippen molar-refractivity contribution in [2.75, 3.05) is 17.2 Å². The van der Waals surface area contributed by atoms with Crippen LogP contribution in [-0.4, -0.2) is 40.0 Å². The maximum atomic E-state index is 12.5. The number of carbonyl (C=O) groups excluding carboxylic acids is 2. The van der Waals surface area contributed by atoms with Gasteiger partial charge in [-0.2, -0.15) is 0 Å². The van der Waals surface area contributed by atoms with Gasteiger partial charge in [0.15, 0.2) is 16.7 Å². The Labute approximate surface area is 243 Å². The minimum absolute atomic E-state index is 0.00535. The van der Waals surface area contributed by atoms with Crippen LogP contribution in [0.4, 0.5) is 11.6 Å². The maximum Gasteiger partial charge on any atom is 0.257 e. The van der Waals surface area contributed by atoms with Gasteiger partial charge in [0.2, 0.25) is 12.7 Å². The molecule has 2 amide bonds. The molecular weight excluding hydrogens is 542 g/mol. The van der Waals surface area contributed by atoms with Gasteiger partial charge >= 0.3 is 0 Å². The van der Waals surface area contributed by atoms with Gasteiger partial charge in [0.1, 0.15) is 6.33 Å². The van der Waals surface area contributed by atoms with Crippen molar-refractivity contribution in [2.24, 2.45) is 0 Å². The standard InChI is InChI=1S/C30H31N5O5S/c36-22-32-27-28(33-30(41)34-29(37)25-15-8-3-9-16-25)35(21-31-27)40-26(39-20-24-13-6-2-7-14-24)17-10-18-38-19-23-11-4-1-5-12-23/h1-9,11-16,21-22,26H,10,17-20H2,(H,32,36)(H2,33,34,37,41). The van der Waals surface area contributed by atoms with E-state index < -0.39 is 6.29 Å². The Morgan fingerprint density at radius 1 is 0.927 bits per heavy atom. The van der Waals surface area contributed by atoms with Crippen LogP contribution >= 0.6 is 12.2 Å². The van der Waals surface area contributed by atoms with Crippen LogP contribution in [0, 0.1) is 0 Å². The average Bonchev–Trinajstić information content (AvgIpc) is 3.37. The number of rotatable bonds is 15. The first-order valence-corrected chi connectivity index (χ1v) is 13.4. The second-order valence-electron chi connectivity index (χ2n) is 8.82. The number of imidazole rings is 1. The molecule has 3 aromatic carbocycles. The molecule has 0 fully saturated rings. The summed E-state index contributed by atoms with van der Waals surface area (Å²) in [6.45, 7) is 1.34. The summed E-state index contributed by atoms with van der Waals surface area (Å²) >= 11 is 5.35. The Bertz CT molecular complexity index is 1390. The lowest BCUT2D eigenvalue weighted by Gasteiger charge is -2.21. The molecule has 0 aliphatic rings. The topological polar surface area (TPSA) is 116 Å². The maximum absolute atomic E-state index is 12.5. The van der Waals surface area contributed by atoms with Crippen molar-refractivity contribution >= 4 is 41.3 Å². The number of anilines is 2. The zero-order valence-corrected chi connectivity index (χ0v) is 23.1. The Morgan fingerprint density at radius 2 is 1.56 bits per heavy atom. The number of nitrogens with zero attached hydrogens (tertiary/aromatic N) is 2. The van der Waals surface area contributed by atoms with Crippen molar-refractivity contribution < 1.29 is 23.9 Å². The summed E-state index contributed by atoms with van der Waals surface area (Å²) in [5.41, 5.74) is 2.52. The smallest absolute Gasteiger partial charge is 0.257 e. The first-order valence-electron chi connectivity index (χ1n) is 13.0. The molecule has 1 unspecified atom stereocenters. The molecule has 1 aromatic heterocycles. The van der Waals surface area contributed by atoms with E-state index in [1.54, 1.807) is 24.3 Å². The minimum atomic E-state index is -0.693. The Hall–Kier alpha value is -4.58. The Morgan fingerprint density at radius 3 is 2.22 bits per heavy atom. The van der Waals surface area contributed by atoms with Crippen LogP contribution in [0.15, 0.2) is 97.3 Å². The summed E-state index contributed by atoms with van der Waals surface area (Å²) in [6, 6.07) is 28.3. The van der Waals surface area contributed by atoms with E-state index in [-0.39, 0.29) is 22.7 Å². The van der Waals surface area contributed by atoms with Gasteiger partial charge < -0.3 is 24.9 Å². The van der Waals surface area contributed by atoms with E-state index in [1.807, 2.05) is 66.7 Å². The van der Waals surface area contributed by atoms with Crippen LogP contribution in [0.1, 0.15) is 34.3 Å². The Kier molecular flexibility index (Phi) is 11.4. The normalized spacial score (nSPS) is 11.3. The molecule has 0 aliphatic heterocycles. The first kappa shape index (κ1) is 29.4. The fourth-order valence-corrected chi connectivity index (χ4v) is 3.95. The van der Waals surface area contributed by atoms with Crippen molar-refractivity contribution in [1.82, 2.24) is 15.0 Å². The molecule has 10 nitrogen and oxygen atoms in total. The molecule has 41 heavy (non-hydrogen) atoms. The molecule has 11 heteroatoms. The molecule has 212 valence electrons. The molecule has 0 saturated heterocycles. The summed E-state index contributed by atoms with van der Waals surface area (Å²) in [5, 5.41) is 8.01. The van der Waals surface area contributed by atoms with Gasteiger partial charge in [-0.3, -0.25) is 14.9 Å². The molecule has 4 rings (SSSR count). The van der Waals surface area contributed by atoms with Gasteiger partial charge in [-0.05, 0) is 41.9 Å². The zero-order chi connectivity index (χ0) is 28.7. The van der Waals surface area contributed by atoms with Gasteiger partial charge in [-0.25, -0.2) is 4.98 Å². The lowest BCUT2D eigenvalue weighted by atomic mass is 10.2. The summed E-state index contributed by atoms with van der Waals surface area (Å²) in [4.78, 5) is 34.1. The van der Waals surface area contributed by atoms with E-state index in [0.29, 0.717) is 44.6 Å². The number of carbonyl (C=O) groups is 2. The number of aromatic nitrogens is 2. The third kappa shape index (κ3) is 9.53. The molecule has 0 saturated carbocycles. The van der Waals surface area contributed by atoms with Crippen molar-refractivity contribution in [3.8, 4) is 0 Å². The number of thiocarbonyl (C=S) groups is 1. The van der Waals surface area contributed by atoms with Crippen LogP contribution in [0.2, 0.25) is 0 Å². The highest BCUT2D eigenvalue weighted by Gasteiger charge is 2.19. The van der Waals surface area contributed by atoms with Gasteiger partial charge in [0, 0.05) is 18.6 Å². The van der Waals surface area contributed by atoms with Crippen LogP contribution in [0.3, 0.4) is 0 Å².